The Bertz CT molecular complexity index is 1020. The van der Waals surface area contributed by atoms with Crippen LogP contribution < -0.4 is 5.32 Å². The van der Waals surface area contributed by atoms with Crippen LogP contribution in [0.3, 0.4) is 0 Å². The molecule has 5 nitrogen and oxygen atoms in total. The van der Waals surface area contributed by atoms with Gasteiger partial charge in [0.2, 0.25) is 15.7 Å². The number of alkyl halides is 4. The van der Waals surface area contributed by atoms with E-state index < -0.39 is 40.4 Å². The van der Waals surface area contributed by atoms with Crippen molar-refractivity contribution < 1.29 is 30.8 Å². The highest BCUT2D eigenvalue weighted by Gasteiger charge is 2.28. The number of hydrogen-bond acceptors (Lipinski definition) is 4. The van der Waals surface area contributed by atoms with E-state index in [-0.39, 0.29) is 27.6 Å². The summed E-state index contributed by atoms with van der Waals surface area (Å²) in [7, 11) is -3.98. The second-order valence-corrected chi connectivity index (χ2v) is 8.64. The molecule has 0 aliphatic carbocycles. The molecule has 1 aromatic carbocycles. The number of aromatic nitrogens is 1. The van der Waals surface area contributed by atoms with E-state index in [4.69, 9.17) is 0 Å². The van der Waals surface area contributed by atoms with Crippen LogP contribution in [0, 0.1) is 0 Å². The van der Waals surface area contributed by atoms with E-state index in [0.29, 0.717) is 0 Å². The quantitative estimate of drug-likeness (QED) is 0.488. The summed E-state index contributed by atoms with van der Waals surface area (Å²) in [6.45, 7) is 4.51. The van der Waals surface area contributed by atoms with Crippen LogP contribution in [0.5, 0.6) is 0 Å². The normalized spacial score (nSPS) is 14.0. The number of hydrogen-bond donors (Lipinski definition) is 1. The van der Waals surface area contributed by atoms with Gasteiger partial charge in [-0.3, -0.25) is 9.78 Å². The van der Waals surface area contributed by atoms with Crippen molar-refractivity contribution in [3.8, 4) is 0 Å². The molecular weight excluding hydrogens is 424 g/mol. The molecule has 1 N–H and O–H groups in total. The summed E-state index contributed by atoms with van der Waals surface area (Å²) >= 11 is 0. The number of allylic oxidation sites excluding steroid dienone is 1. The number of carbonyl (C=O) groups excluding carboxylic acids is 1. The van der Waals surface area contributed by atoms with Gasteiger partial charge in [-0.15, -0.1) is 0 Å². The van der Waals surface area contributed by atoms with Gasteiger partial charge in [0, 0.05) is 12.6 Å². The van der Waals surface area contributed by atoms with E-state index in [0.717, 1.165) is 12.3 Å². The van der Waals surface area contributed by atoms with Crippen LogP contribution in [0.15, 0.2) is 65.0 Å². The van der Waals surface area contributed by atoms with Gasteiger partial charge in [-0.2, -0.15) is 13.2 Å². The SMILES string of the molecule is C=CC(C)(F)c1cccc(S(=O)(=O)c2ccc(CNC(=O)CCC(F)(F)F)nc2)c1. The Morgan fingerprint density at radius 2 is 1.87 bits per heavy atom. The van der Waals surface area contributed by atoms with Crippen LogP contribution in [0.25, 0.3) is 0 Å². The van der Waals surface area contributed by atoms with Crippen LogP contribution in [0.1, 0.15) is 31.0 Å². The van der Waals surface area contributed by atoms with Crippen molar-refractivity contribution in [2.45, 2.75) is 47.9 Å². The van der Waals surface area contributed by atoms with Gasteiger partial charge in [-0.05, 0) is 36.8 Å². The second-order valence-electron chi connectivity index (χ2n) is 6.69. The third kappa shape index (κ3) is 6.12. The summed E-state index contributed by atoms with van der Waals surface area (Å²) in [6.07, 6.45) is -4.22. The lowest BCUT2D eigenvalue weighted by Crippen LogP contribution is -2.25. The van der Waals surface area contributed by atoms with Crippen LogP contribution in [-0.4, -0.2) is 25.5 Å². The van der Waals surface area contributed by atoms with Crippen LogP contribution in [0.2, 0.25) is 0 Å². The molecule has 0 fully saturated rings. The fraction of sp³-hybridized carbons (Fsp3) is 0.300. The van der Waals surface area contributed by atoms with Crippen molar-refractivity contribution in [3.05, 3.63) is 66.5 Å². The van der Waals surface area contributed by atoms with Gasteiger partial charge in [-0.25, -0.2) is 12.8 Å². The van der Waals surface area contributed by atoms with E-state index in [2.05, 4.69) is 16.9 Å². The van der Waals surface area contributed by atoms with Crippen molar-refractivity contribution in [2.75, 3.05) is 0 Å². The van der Waals surface area contributed by atoms with Crippen LogP contribution >= 0.6 is 0 Å². The van der Waals surface area contributed by atoms with E-state index in [1.807, 2.05) is 0 Å². The van der Waals surface area contributed by atoms with Crippen molar-refractivity contribution >= 4 is 15.7 Å². The van der Waals surface area contributed by atoms with E-state index in [9.17, 15) is 30.8 Å². The molecule has 0 radical (unpaired) electrons. The smallest absolute Gasteiger partial charge is 0.350 e. The molecule has 0 bridgehead atoms. The molecule has 1 unspecified atom stereocenters. The molecule has 1 aromatic heterocycles. The minimum Gasteiger partial charge on any atom is -0.350 e. The second kappa shape index (κ2) is 8.95. The zero-order chi connectivity index (χ0) is 22.6. The Kier molecular flexibility index (Phi) is 7.02. The molecule has 10 heteroatoms. The molecule has 0 saturated heterocycles. The minimum atomic E-state index is -4.42. The average molecular weight is 444 g/mol. The number of carbonyl (C=O) groups is 1. The number of amides is 1. The predicted molar refractivity (Wildman–Crippen MR) is 102 cm³/mol. The third-order valence-corrected chi connectivity index (χ3v) is 6.04. The number of pyridine rings is 1. The number of halogens is 4. The Hall–Kier alpha value is -2.75. The molecular formula is C20H20F4N2O3S. The maximum Gasteiger partial charge on any atom is 0.389 e. The molecule has 1 atom stereocenters. The molecule has 0 aliphatic heterocycles. The highest BCUT2D eigenvalue weighted by molar-refractivity contribution is 7.91. The lowest BCUT2D eigenvalue weighted by molar-refractivity contribution is -0.144. The Labute approximate surface area is 171 Å². The molecule has 0 spiro atoms. The topological polar surface area (TPSA) is 76.1 Å². The number of rotatable bonds is 8. The van der Waals surface area contributed by atoms with Gasteiger partial charge in [0.05, 0.1) is 28.5 Å². The summed E-state index contributed by atoms with van der Waals surface area (Å²) in [6, 6.07) is 8.00. The van der Waals surface area contributed by atoms with E-state index >= 15 is 0 Å². The zero-order valence-electron chi connectivity index (χ0n) is 16.0. The van der Waals surface area contributed by atoms with E-state index in [1.54, 1.807) is 0 Å². The summed E-state index contributed by atoms with van der Waals surface area (Å²) in [5, 5.41) is 2.29. The lowest BCUT2D eigenvalue weighted by atomic mass is 9.98. The van der Waals surface area contributed by atoms with Gasteiger partial charge < -0.3 is 5.32 Å². The van der Waals surface area contributed by atoms with Crippen molar-refractivity contribution in [1.82, 2.24) is 10.3 Å². The summed E-state index contributed by atoms with van der Waals surface area (Å²) in [5.41, 5.74) is -1.51. The Morgan fingerprint density at radius 3 is 2.43 bits per heavy atom. The zero-order valence-corrected chi connectivity index (χ0v) is 16.9. The highest BCUT2D eigenvalue weighted by atomic mass is 32.2. The Morgan fingerprint density at radius 1 is 1.17 bits per heavy atom. The molecule has 162 valence electrons. The van der Waals surface area contributed by atoms with E-state index in [1.165, 1.54) is 43.3 Å². The molecule has 0 saturated carbocycles. The van der Waals surface area contributed by atoms with Crippen LogP contribution in [-0.2, 0) is 26.8 Å². The molecule has 2 aromatic rings. The molecule has 2 rings (SSSR count). The van der Waals surface area contributed by atoms with Crippen molar-refractivity contribution in [3.63, 3.8) is 0 Å². The first-order valence-electron chi connectivity index (χ1n) is 8.82. The number of benzene rings is 1. The highest BCUT2D eigenvalue weighted by Crippen LogP contribution is 2.30. The fourth-order valence-corrected chi connectivity index (χ4v) is 3.68. The summed E-state index contributed by atoms with van der Waals surface area (Å²) < 4.78 is 76.3. The average Bonchev–Trinajstić information content (AvgIpc) is 2.70. The monoisotopic (exact) mass is 444 g/mol. The maximum atomic E-state index is 14.4. The standard InChI is InChI=1S/C20H20F4N2O3S/c1-3-19(2,21)14-5-4-6-16(11-14)30(28,29)17-8-7-15(25-13-17)12-26-18(27)9-10-20(22,23)24/h3-8,11,13H,1,9-10,12H2,2H3,(H,26,27). The largest absolute Gasteiger partial charge is 0.389 e. The first kappa shape index (κ1) is 23.5. The first-order chi connectivity index (χ1) is 13.8. The number of nitrogens with one attached hydrogen (secondary N) is 1. The van der Waals surface area contributed by atoms with Crippen LogP contribution in [0.4, 0.5) is 17.6 Å². The van der Waals surface area contributed by atoms with Crippen molar-refractivity contribution in [1.29, 1.82) is 0 Å². The predicted octanol–water partition coefficient (Wildman–Crippen LogP) is 4.24. The maximum absolute atomic E-state index is 14.4. The summed E-state index contributed by atoms with van der Waals surface area (Å²) in [5.74, 6) is -0.792. The van der Waals surface area contributed by atoms with Crippen molar-refractivity contribution in [2.24, 2.45) is 0 Å². The molecule has 1 amide bonds. The van der Waals surface area contributed by atoms with Gasteiger partial charge in [0.25, 0.3) is 0 Å². The van der Waals surface area contributed by atoms with Gasteiger partial charge in [0.1, 0.15) is 0 Å². The fourth-order valence-electron chi connectivity index (χ4n) is 2.43. The Balaban J connectivity index is 2.11. The first-order valence-corrected chi connectivity index (χ1v) is 10.3. The minimum absolute atomic E-state index is 0.124. The summed E-state index contributed by atoms with van der Waals surface area (Å²) in [4.78, 5) is 15.1. The van der Waals surface area contributed by atoms with Gasteiger partial charge >= 0.3 is 6.18 Å². The third-order valence-electron chi connectivity index (χ3n) is 4.30. The van der Waals surface area contributed by atoms with Gasteiger partial charge in [0.15, 0.2) is 5.67 Å². The molecule has 30 heavy (non-hydrogen) atoms. The number of nitrogens with zero attached hydrogens (tertiary/aromatic N) is 1. The molecule has 0 aliphatic rings. The van der Waals surface area contributed by atoms with Gasteiger partial charge in [-0.1, -0.05) is 24.8 Å². The number of sulfone groups is 1. The molecule has 1 heterocycles. The lowest BCUT2D eigenvalue weighted by Gasteiger charge is -2.17.